The molecule has 0 aliphatic carbocycles. The van der Waals surface area contributed by atoms with E-state index in [-0.39, 0.29) is 29.1 Å². The monoisotopic (exact) mass is 693 g/mol. The molecule has 0 aliphatic rings. The Bertz CT molecular complexity index is 1730. The van der Waals surface area contributed by atoms with Crippen LogP contribution in [0.2, 0.25) is 0 Å². The molecular weight excluding hydrogens is 657 g/mol. The van der Waals surface area contributed by atoms with Gasteiger partial charge in [0.05, 0.1) is 10.6 Å². The topological polar surface area (TPSA) is 86.8 Å². The smallest absolute Gasteiger partial charge is 0.264 e. The van der Waals surface area contributed by atoms with Crippen LogP contribution in [0, 0.1) is 12.7 Å². The lowest BCUT2D eigenvalue weighted by atomic mass is 10.0. The number of aryl methyl sites for hydroxylation is 1. The van der Waals surface area contributed by atoms with E-state index in [1.54, 1.807) is 54.6 Å². The predicted octanol–water partition coefficient (Wildman–Crippen LogP) is 6.65. The third-order valence-electron chi connectivity index (χ3n) is 7.07. The fourth-order valence-corrected chi connectivity index (χ4v) is 6.47. The minimum atomic E-state index is -4.23. The van der Waals surface area contributed by atoms with E-state index in [9.17, 15) is 18.0 Å². The maximum atomic E-state index is 15.0. The lowest BCUT2D eigenvalue weighted by Crippen LogP contribution is -2.56. The molecule has 0 radical (unpaired) electrons. The Labute approximate surface area is 273 Å². The van der Waals surface area contributed by atoms with Crippen LogP contribution >= 0.6 is 15.9 Å². The van der Waals surface area contributed by atoms with Crippen LogP contribution in [0.5, 0.6) is 0 Å². The van der Waals surface area contributed by atoms with Gasteiger partial charge in [0.25, 0.3) is 10.0 Å². The zero-order valence-corrected chi connectivity index (χ0v) is 28.1. The third kappa shape index (κ3) is 9.02. The van der Waals surface area contributed by atoms with Crippen molar-refractivity contribution in [2.45, 2.75) is 57.1 Å². The zero-order valence-electron chi connectivity index (χ0n) is 25.7. The molecule has 0 heterocycles. The van der Waals surface area contributed by atoms with E-state index in [4.69, 9.17) is 0 Å². The number of anilines is 1. The maximum absolute atomic E-state index is 15.0. The van der Waals surface area contributed by atoms with Crippen molar-refractivity contribution in [2.75, 3.05) is 10.8 Å². The molecule has 45 heavy (non-hydrogen) atoms. The SMILES string of the molecule is Cc1ccc(S(=O)(=O)N(CC(=O)N(Cc2ccccc2F)[C@H](Cc2ccccc2)C(=O)NC(C)(C)C)c2ccc(Br)cc2)cc1. The molecule has 0 aromatic heterocycles. The van der Waals surface area contributed by atoms with Crippen molar-refractivity contribution in [3.63, 3.8) is 0 Å². The summed E-state index contributed by atoms with van der Waals surface area (Å²) in [5.74, 6) is -1.64. The number of rotatable bonds is 11. The van der Waals surface area contributed by atoms with Crippen molar-refractivity contribution in [3.8, 4) is 0 Å². The van der Waals surface area contributed by atoms with Crippen LogP contribution < -0.4 is 9.62 Å². The molecule has 7 nitrogen and oxygen atoms in total. The van der Waals surface area contributed by atoms with Crippen LogP contribution in [0.25, 0.3) is 0 Å². The normalized spacial score (nSPS) is 12.3. The van der Waals surface area contributed by atoms with Gasteiger partial charge in [-0.15, -0.1) is 0 Å². The molecule has 1 N–H and O–H groups in total. The highest BCUT2D eigenvalue weighted by atomic mass is 79.9. The Morgan fingerprint density at radius 1 is 0.867 bits per heavy atom. The quantitative estimate of drug-likeness (QED) is 0.191. The van der Waals surface area contributed by atoms with Crippen LogP contribution in [-0.4, -0.2) is 43.3 Å². The third-order valence-corrected chi connectivity index (χ3v) is 9.39. The number of hydrogen-bond acceptors (Lipinski definition) is 4. The van der Waals surface area contributed by atoms with Gasteiger partial charge in [0.1, 0.15) is 18.4 Å². The first-order valence-electron chi connectivity index (χ1n) is 14.5. The van der Waals surface area contributed by atoms with Crippen LogP contribution in [0.1, 0.15) is 37.5 Å². The number of amides is 2. The second-order valence-corrected chi connectivity index (χ2v) is 14.6. The molecule has 4 aromatic rings. The Morgan fingerprint density at radius 2 is 1.47 bits per heavy atom. The van der Waals surface area contributed by atoms with Crippen LogP contribution in [-0.2, 0) is 32.6 Å². The van der Waals surface area contributed by atoms with E-state index in [2.05, 4.69) is 21.2 Å². The van der Waals surface area contributed by atoms with Gasteiger partial charge in [-0.25, -0.2) is 12.8 Å². The molecule has 0 saturated heterocycles. The molecular formula is C35H37BrFN3O4S. The molecule has 236 valence electrons. The Kier molecular flexibility index (Phi) is 10.8. The average molecular weight is 695 g/mol. The zero-order chi connectivity index (χ0) is 32.8. The molecule has 0 aliphatic heterocycles. The maximum Gasteiger partial charge on any atom is 0.264 e. The van der Waals surface area contributed by atoms with Gasteiger partial charge in [-0.05, 0) is 75.7 Å². The summed E-state index contributed by atoms with van der Waals surface area (Å²) in [6.07, 6.45) is 0.131. The van der Waals surface area contributed by atoms with Crippen LogP contribution in [0.4, 0.5) is 10.1 Å². The van der Waals surface area contributed by atoms with Crippen molar-refractivity contribution in [1.29, 1.82) is 0 Å². The number of benzene rings is 4. The highest BCUT2D eigenvalue weighted by Gasteiger charge is 2.36. The Morgan fingerprint density at radius 3 is 2.07 bits per heavy atom. The molecule has 1 atom stereocenters. The molecule has 0 fully saturated rings. The molecule has 4 rings (SSSR count). The fourth-order valence-electron chi connectivity index (χ4n) is 4.79. The van der Waals surface area contributed by atoms with Crippen molar-refractivity contribution < 1.29 is 22.4 Å². The van der Waals surface area contributed by atoms with E-state index in [1.165, 1.54) is 23.1 Å². The van der Waals surface area contributed by atoms with E-state index >= 15 is 4.39 Å². The molecule has 4 aromatic carbocycles. The summed E-state index contributed by atoms with van der Waals surface area (Å²) in [5.41, 5.74) is 1.50. The highest BCUT2D eigenvalue weighted by Crippen LogP contribution is 2.27. The second kappa shape index (κ2) is 14.4. The lowest BCUT2D eigenvalue weighted by Gasteiger charge is -2.35. The van der Waals surface area contributed by atoms with Crippen LogP contribution in [0.15, 0.2) is 112 Å². The fraction of sp³-hybridized carbons (Fsp3) is 0.257. The first-order valence-corrected chi connectivity index (χ1v) is 16.7. The first-order chi connectivity index (χ1) is 21.2. The number of nitrogens with one attached hydrogen (secondary N) is 1. The molecule has 2 amide bonds. The first kappa shape index (κ1) is 33.9. The molecule has 0 bridgehead atoms. The molecule has 0 spiro atoms. The Hall–Kier alpha value is -4.02. The minimum Gasteiger partial charge on any atom is -0.350 e. The summed E-state index contributed by atoms with van der Waals surface area (Å²) < 4.78 is 45.0. The largest absolute Gasteiger partial charge is 0.350 e. The number of hydrogen-bond donors (Lipinski definition) is 1. The van der Waals surface area contributed by atoms with Crippen molar-refractivity contribution in [3.05, 3.63) is 130 Å². The van der Waals surface area contributed by atoms with Gasteiger partial charge in [-0.1, -0.05) is 82.2 Å². The van der Waals surface area contributed by atoms with E-state index in [0.717, 1.165) is 19.9 Å². The lowest BCUT2D eigenvalue weighted by molar-refractivity contribution is -0.140. The summed E-state index contributed by atoms with van der Waals surface area (Å²) in [4.78, 5) is 29.6. The number of nitrogens with zero attached hydrogens (tertiary/aromatic N) is 2. The van der Waals surface area contributed by atoms with Gasteiger partial charge >= 0.3 is 0 Å². The van der Waals surface area contributed by atoms with Gasteiger partial charge in [-0.3, -0.25) is 13.9 Å². The van der Waals surface area contributed by atoms with E-state index < -0.39 is 45.8 Å². The van der Waals surface area contributed by atoms with Gasteiger partial charge in [0, 0.05) is 28.5 Å². The molecule has 10 heteroatoms. The van der Waals surface area contributed by atoms with E-state index in [0.29, 0.717) is 0 Å². The van der Waals surface area contributed by atoms with Crippen molar-refractivity contribution in [2.24, 2.45) is 0 Å². The predicted molar refractivity (Wildman–Crippen MR) is 179 cm³/mol. The standard InChI is InChI=1S/C35H37BrFN3O4S/c1-25-14-20-30(21-15-25)45(43,44)40(29-18-16-28(36)17-19-29)24-33(41)39(23-27-12-8-9-13-31(27)37)32(34(42)38-35(2,3)4)22-26-10-6-5-7-11-26/h5-21,32H,22-24H2,1-4H3,(H,38,42)/t32-/m1/s1. The summed E-state index contributed by atoms with van der Waals surface area (Å²) >= 11 is 3.38. The number of carbonyl (C=O) groups excluding carboxylic acids is 2. The van der Waals surface area contributed by atoms with Gasteiger partial charge in [0.2, 0.25) is 11.8 Å². The summed E-state index contributed by atoms with van der Waals surface area (Å²) in [5, 5.41) is 2.96. The molecule has 0 saturated carbocycles. The Balaban J connectivity index is 1.82. The highest BCUT2D eigenvalue weighted by molar-refractivity contribution is 9.10. The van der Waals surface area contributed by atoms with Gasteiger partial charge in [0.15, 0.2) is 0 Å². The number of sulfonamides is 1. The number of carbonyl (C=O) groups is 2. The molecule has 0 unspecified atom stereocenters. The van der Waals surface area contributed by atoms with Gasteiger partial charge < -0.3 is 10.2 Å². The van der Waals surface area contributed by atoms with Crippen molar-refractivity contribution in [1.82, 2.24) is 10.2 Å². The summed E-state index contributed by atoms with van der Waals surface area (Å²) in [6, 6.07) is 27.1. The minimum absolute atomic E-state index is 0.00998. The second-order valence-electron chi connectivity index (χ2n) is 11.9. The summed E-state index contributed by atoms with van der Waals surface area (Å²) in [7, 11) is -4.23. The van der Waals surface area contributed by atoms with E-state index in [1.807, 2.05) is 58.0 Å². The van der Waals surface area contributed by atoms with Crippen LogP contribution in [0.3, 0.4) is 0 Å². The number of halogens is 2. The summed E-state index contributed by atoms with van der Waals surface area (Å²) in [6.45, 7) is 6.47. The van der Waals surface area contributed by atoms with Gasteiger partial charge in [-0.2, -0.15) is 0 Å². The average Bonchev–Trinajstić information content (AvgIpc) is 2.99. The van der Waals surface area contributed by atoms with Crippen molar-refractivity contribution >= 4 is 43.5 Å².